The quantitative estimate of drug-likeness (QED) is 0.325. The van der Waals surface area contributed by atoms with Crippen LogP contribution < -0.4 is 10.2 Å². The molecule has 2 aliphatic rings. The number of aromatic nitrogens is 5. The van der Waals surface area contributed by atoms with Crippen LogP contribution in [-0.2, 0) is 29.3 Å². The number of benzene rings is 1. The number of imide groups is 1. The van der Waals surface area contributed by atoms with E-state index in [1.54, 1.807) is 12.4 Å². The Hall–Kier alpha value is -4.35. The van der Waals surface area contributed by atoms with Crippen LogP contribution in [0.5, 0.6) is 0 Å². The smallest absolute Gasteiger partial charge is 0.261 e. The summed E-state index contributed by atoms with van der Waals surface area (Å²) in [6.07, 6.45) is 3.52. The average Bonchev–Trinajstić information content (AvgIpc) is 3.66. The number of rotatable bonds is 4. The van der Waals surface area contributed by atoms with Crippen molar-refractivity contribution in [3.8, 4) is 0 Å². The van der Waals surface area contributed by atoms with Gasteiger partial charge in [0.15, 0.2) is 0 Å². The van der Waals surface area contributed by atoms with E-state index >= 15 is 0 Å². The first-order chi connectivity index (χ1) is 17.6. The Labute approximate surface area is 207 Å². The molecule has 2 amide bonds. The van der Waals surface area contributed by atoms with Crippen molar-refractivity contribution in [2.75, 3.05) is 11.4 Å². The van der Waals surface area contributed by atoms with Gasteiger partial charge in [-0.05, 0) is 17.5 Å². The third-order valence-corrected chi connectivity index (χ3v) is 7.57. The fourth-order valence-electron chi connectivity index (χ4n) is 5.04. The molecule has 0 atom stereocenters. The molecule has 2 aliphatic heterocycles. The first kappa shape index (κ1) is 21.0. The van der Waals surface area contributed by atoms with Crippen molar-refractivity contribution in [3.63, 3.8) is 0 Å². The molecule has 5 aromatic rings. The van der Waals surface area contributed by atoms with Gasteiger partial charge in [0.1, 0.15) is 17.3 Å². The Morgan fingerprint density at radius 3 is 2.78 bits per heavy atom. The zero-order chi connectivity index (χ0) is 24.4. The number of anilines is 1. The number of H-pyrrole nitrogens is 1. The van der Waals surface area contributed by atoms with E-state index in [-0.39, 0.29) is 12.2 Å². The van der Waals surface area contributed by atoms with E-state index < -0.39 is 11.8 Å². The van der Waals surface area contributed by atoms with E-state index in [9.17, 15) is 14.7 Å². The van der Waals surface area contributed by atoms with E-state index in [0.717, 1.165) is 15.9 Å². The second-order valence-electron chi connectivity index (χ2n) is 8.69. The Kier molecular flexibility index (Phi) is 4.56. The number of aliphatic hydroxyl groups excluding tert-OH is 1. The van der Waals surface area contributed by atoms with Gasteiger partial charge in [-0.15, -0.1) is 11.3 Å². The monoisotopic (exact) mass is 497 g/mol. The molecule has 0 unspecified atom stereocenters. The average molecular weight is 498 g/mol. The third kappa shape index (κ3) is 3.03. The number of nitrogens with zero attached hydrogens (tertiary/aromatic N) is 5. The van der Waals surface area contributed by atoms with E-state index in [1.807, 2.05) is 45.2 Å². The number of para-hydroxylation sites is 1. The first-order valence-corrected chi connectivity index (χ1v) is 12.3. The summed E-state index contributed by atoms with van der Waals surface area (Å²) in [6.45, 7) is 1.63. The van der Waals surface area contributed by atoms with Crippen molar-refractivity contribution in [2.24, 2.45) is 0 Å². The van der Waals surface area contributed by atoms with E-state index in [2.05, 4.69) is 15.3 Å². The second kappa shape index (κ2) is 7.83. The minimum atomic E-state index is -0.473. The number of nitrogens with one attached hydrogen (secondary N) is 2. The molecular formula is C25H19N7O3S. The van der Waals surface area contributed by atoms with Gasteiger partial charge in [0.05, 0.1) is 40.8 Å². The van der Waals surface area contributed by atoms with Crippen molar-refractivity contribution >= 4 is 61.4 Å². The highest BCUT2D eigenvalue weighted by Crippen LogP contribution is 2.38. The maximum absolute atomic E-state index is 13.2. The van der Waals surface area contributed by atoms with Crippen LogP contribution in [0.15, 0.2) is 48.1 Å². The molecule has 178 valence electrons. The number of hydrogen-bond donors (Lipinski definition) is 3. The second-order valence-corrected chi connectivity index (χ2v) is 9.60. The summed E-state index contributed by atoms with van der Waals surface area (Å²) in [5.41, 5.74) is 3.28. The number of carbonyl (C=O) groups is 2. The predicted molar refractivity (Wildman–Crippen MR) is 135 cm³/mol. The minimum Gasteiger partial charge on any atom is -0.388 e. The fourth-order valence-corrected chi connectivity index (χ4v) is 5.81. The molecule has 0 bridgehead atoms. The SMILES string of the molecule is O=C1NC(=O)C(c2c[nH]c3sccc23)=C1c1nc(N2CCn3c(cnc3CO)C2)nc2ccccc12. The maximum atomic E-state index is 13.2. The van der Waals surface area contributed by atoms with E-state index in [4.69, 9.17) is 9.97 Å². The molecule has 0 saturated carbocycles. The van der Waals surface area contributed by atoms with Crippen LogP contribution in [0.2, 0.25) is 0 Å². The minimum absolute atomic E-state index is 0.118. The Balaban J connectivity index is 1.42. The predicted octanol–water partition coefficient (Wildman–Crippen LogP) is 2.45. The van der Waals surface area contributed by atoms with Crippen molar-refractivity contribution in [2.45, 2.75) is 19.7 Å². The van der Waals surface area contributed by atoms with Gasteiger partial charge < -0.3 is 19.6 Å². The standard InChI is InChI=1S/C25H19N7O3S/c33-12-18-26-9-13-11-31(6-7-32(13)18)25-28-17-4-2-1-3-15(17)21(29-25)20-19(22(34)30-23(20)35)16-10-27-24-14(16)5-8-36-24/h1-5,8-10,27,33H,6-7,11-12H2,(H,30,34,35). The van der Waals surface area contributed by atoms with Gasteiger partial charge in [-0.25, -0.2) is 15.0 Å². The molecule has 3 N–H and O–H groups in total. The molecule has 0 saturated heterocycles. The highest BCUT2D eigenvalue weighted by atomic mass is 32.1. The van der Waals surface area contributed by atoms with Crippen molar-refractivity contribution in [1.82, 2.24) is 29.8 Å². The molecule has 4 aromatic heterocycles. The number of carbonyl (C=O) groups excluding carboxylic acids is 2. The number of imidazole rings is 1. The molecule has 1 aromatic carbocycles. The summed E-state index contributed by atoms with van der Waals surface area (Å²) >= 11 is 1.54. The molecule has 0 radical (unpaired) electrons. The summed E-state index contributed by atoms with van der Waals surface area (Å²) < 4.78 is 2.00. The summed E-state index contributed by atoms with van der Waals surface area (Å²) in [7, 11) is 0. The highest BCUT2D eigenvalue weighted by molar-refractivity contribution is 7.16. The van der Waals surface area contributed by atoms with Gasteiger partial charge in [0.2, 0.25) is 5.95 Å². The number of amides is 2. The molecule has 11 heteroatoms. The van der Waals surface area contributed by atoms with Gasteiger partial charge in [-0.2, -0.15) is 0 Å². The largest absolute Gasteiger partial charge is 0.388 e. The normalized spacial score (nSPS) is 15.9. The van der Waals surface area contributed by atoms with Gasteiger partial charge in [-0.3, -0.25) is 14.9 Å². The van der Waals surface area contributed by atoms with Gasteiger partial charge >= 0.3 is 0 Å². The lowest BCUT2D eigenvalue weighted by molar-refractivity contribution is -0.122. The first-order valence-electron chi connectivity index (χ1n) is 11.4. The van der Waals surface area contributed by atoms with Crippen LogP contribution in [0.4, 0.5) is 5.95 Å². The maximum Gasteiger partial charge on any atom is 0.261 e. The lowest BCUT2D eigenvalue weighted by atomic mass is 9.97. The van der Waals surface area contributed by atoms with Crippen molar-refractivity contribution in [1.29, 1.82) is 0 Å². The van der Waals surface area contributed by atoms with Crippen molar-refractivity contribution in [3.05, 3.63) is 70.9 Å². The zero-order valence-corrected chi connectivity index (χ0v) is 19.7. The van der Waals surface area contributed by atoms with Gasteiger partial charge in [0.25, 0.3) is 11.8 Å². The number of thiophene rings is 1. The van der Waals surface area contributed by atoms with Crippen LogP contribution in [0.1, 0.15) is 22.8 Å². The van der Waals surface area contributed by atoms with Crippen LogP contribution in [-0.4, -0.2) is 48.0 Å². The lowest BCUT2D eigenvalue weighted by Crippen LogP contribution is -2.35. The molecule has 6 heterocycles. The number of hydrogen-bond acceptors (Lipinski definition) is 8. The molecule has 36 heavy (non-hydrogen) atoms. The van der Waals surface area contributed by atoms with Crippen LogP contribution in [0.3, 0.4) is 0 Å². The fraction of sp³-hybridized carbons (Fsp3) is 0.160. The molecular weight excluding hydrogens is 478 g/mol. The molecule has 7 rings (SSSR count). The molecule has 0 spiro atoms. The Morgan fingerprint density at radius 2 is 1.89 bits per heavy atom. The summed E-state index contributed by atoms with van der Waals surface area (Å²) in [6, 6.07) is 9.44. The third-order valence-electron chi connectivity index (χ3n) is 6.72. The lowest BCUT2D eigenvalue weighted by Gasteiger charge is -2.29. The highest BCUT2D eigenvalue weighted by Gasteiger charge is 2.36. The van der Waals surface area contributed by atoms with Crippen molar-refractivity contribution < 1.29 is 14.7 Å². The van der Waals surface area contributed by atoms with E-state index in [0.29, 0.717) is 59.1 Å². The summed E-state index contributed by atoms with van der Waals surface area (Å²) in [4.78, 5) is 46.4. The van der Waals surface area contributed by atoms with Crippen LogP contribution in [0.25, 0.3) is 32.3 Å². The topological polar surface area (TPSA) is 129 Å². The summed E-state index contributed by atoms with van der Waals surface area (Å²) in [5.74, 6) is 0.186. The Morgan fingerprint density at radius 1 is 1.03 bits per heavy atom. The van der Waals surface area contributed by atoms with Crippen LogP contribution in [0, 0.1) is 0 Å². The van der Waals surface area contributed by atoms with Crippen LogP contribution >= 0.6 is 11.3 Å². The zero-order valence-electron chi connectivity index (χ0n) is 18.9. The number of aromatic amines is 1. The number of fused-ring (bicyclic) bond motifs is 3. The van der Waals surface area contributed by atoms with E-state index in [1.165, 1.54) is 11.3 Å². The number of aliphatic hydroxyl groups is 1. The molecule has 0 fully saturated rings. The Bertz CT molecular complexity index is 1740. The van der Waals surface area contributed by atoms with Gasteiger partial charge in [-0.1, -0.05) is 18.2 Å². The van der Waals surface area contributed by atoms with Gasteiger partial charge in [0, 0.05) is 35.6 Å². The summed E-state index contributed by atoms with van der Waals surface area (Å²) in [5, 5.41) is 15.6. The molecule has 0 aliphatic carbocycles. The molecule has 10 nitrogen and oxygen atoms in total.